The quantitative estimate of drug-likeness (QED) is 0.490. The third-order valence-corrected chi connectivity index (χ3v) is 5.24. The van der Waals surface area contributed by atoms with Crippen LogP contribution in [0.2, 0.25) is 0 Å². The van der Waals surface area contributed by atoms with Crippen LogP contribution in [0.25, 0.3) is 33.4 Å². The summed E-state index contributed by atoms with van der Waals surface area (Å²) in [4.78, 5) is 9.04. The standard InChI is InChI=1S/C22H20N6/c1-13-11-12-17(27-18-9-5-3-7-15(18)25-21(27)23)14(2)20(13)28-19-10-6-4-8-16(19)26-22(28)24/h3-12H,1-2H3,(H2,23,25)(H2,24,26). The number of hydrogen-bond donors (Lipinski definition) is 2. The summed E-state index contributed by atoms with van der Waals surface area (Å²) in [5.74, 6) is 0.926. The Morgan fingerprint density at radius 1 is 0.679 bits per heavy atom. The van der Waals surface area contributed by atoms with E-state index in [9.17, 15) is 0 Å². The van der Waals surface area contributed by atoms with Crippen molar-refractivity contribution in [1.29, 1.82) is 0 Å². The van der Waals surface area contributed by atoms with Crippen LogP contribution in [0, 0.1) is 13.8 Å². The molecule has 28 heavy (non-hydrogen) atoms. The zero-order valence-electron chi connectivity index (χ0n) is 15.7. The summed E-state index contributed by atoms with van der Waals surface area (Å²) >= 11 is 0. The second-order valence-electron chi connectivity index (χ2n) is 6.96. The lowest BCUT2D eigenvalue weighted by atomic mass is 10.1. The predicted octanol–water partition coefficient (Wildman–Crippen LogP) is 4.15. The maximum atomic E-state index is 6.32. The van der Waals surface area contributed by atoms with E-state index in [1.165, 1.54) is 0 Å². The fourth-order valence-corrected chi connectivity index (χ4v) is 3.99. The number of anilines is 2. The largest absolute Gasteiger partial charge is 0.369 e. The van der Waals surface area contributed by atoms with Gasteiger partial charge >= 0.3 is 0 Å². The minimum atomic E-state index is 0.461. The zero-order valence-corrected chi connectivity index (χ0v) is 15.7. The van der Waals surface area contributed by atoms with E-state index < -0.39 is 0 Å². The first-order valence-electron chi connectivity index (χ1n) is 9.13. The van der Waals surface area contributed by atoms with Crippen molar-refractivity contribution in [2.24, 2.45) is 0 Å². The van der Waals surface area contributed by atoms with Gasteiger partial charge in [0.2, 0.25) is 11.9 Å². The van der Waals surface area contributed by atoms with Gasteiger partial charge in [0.25, 0.3) is 0 Å². The lowest BCUT2D eigenvalue weighted by Crippen LogP contribution is -2.09. The highest BCUT2D eigenvalue weighted by atomic mass is 15.2. The summed E-state index contributed by atoms with van der Waals surface area (Å²) in [5.41, 5.74) is 20.5. The molecule has 0 aliphatic carbocycles. The van der Waals surface area contributed by atoms with Gasteiger partial charge in [-0.05, 0) is 55.3 Å². The lowest BCUT2D eigenvalue weighted by molar-refractivity contribution is 1.03. The van der Waals surface area contributed by atoms with Crippen molar-refractivity contribution in [3.05, 3.63) is 71.8 Å². The van der Waals surface area contributed by atoms with Gasteiger partial charge in [0.15, 0.2) is 0 Å². The Bertz CT molecular complexity index is 1360. The molecule has 2 heterocycles. The lowest BCUT2D eigenvalue weighted by Gasteiger charge is -2.18. The van der Waals surface area contributed by atoms with Crippen molar-refractivity contribution >= 4 is 34.0 Å². The highest BCUT2D eigenvalue weighted by Gasteiger charge is 2.18. The van der Waals surface area contributed by atoms with Crippen LogP contribution in [-0.4, -0.2) is 19.1 Å². The van der Waals surface area contributed by atoms with Crippen molar-refractivity contribution in [3.63, 3.8) is 0 Å². The van der Waals surface area contributed by atoms with E-state index in [1.807, 2.05) is 57.7 Å². The Balaban J connectivity index is 1.85. The Labute approximate surface area is 162 Å². The van der Waals surface area contributed by atoms with Gasteiger partial charge in [-0.15, -0.1) is 0 Å². The summed E-state index contributed by atoms with van der Waals surface area (Å²) in [6, 6.07) is 20.1. The molecule has 4 N–H and O–H groups in total. The summed E-state index contributed by atoms with van der Waals surface area (Å²) < 4.78 is 4.00. The van der Waals surface area contributed by atoms with Gasteiger partial charge in [0, 0.05) is 0 Å². The molecule has 5 rings (SSSR count). The molecule has 6 heteroatoms. The molecule has 0 bridgehead atoms. The maximum absolute atomic E-state index is 6.32. The van der Waals surface area contributed by atoms with Crippen LogP contribution in [0.4, 0.5) is 11.9 Å². The van der Waals surface area contributed by atoms with Gasteiger partial charge in [-0.3, -0.25) is 9.13 Å². The molecule has 3 aromatic carbocycles. The molecule has 5 aromatic rings. The molecule has 138 valence electrons. The highest BCUT2D eigenvalue weighted by molar-refractivity contribution is 5.84. The molecule has 6 nitrogen and oxygen atoms in total. The monoisotopic (exact) mass is 368 g/mol. The smallest absolute Gasteiger partial charge is 0.205 e. The first-order valence-corrected chi connectivity index (χ1v) is 9.13. The van der Waals surface area contributed by atoms with E-state index in [1.54, 1.807) is 0 Å². The number of aryl methyl sites for hydroxylation is 1. The molecule has 0 aliphatic heterocycles. The molecule has 0 amide bonds. The molecule has 0 radical (unpaired) electrons. The van der Waals surface area contributed by atoms with Gasteiger partial charge < -0.3 is 11.5 Å². The summed E-state index contributed by atoms with van der Waals surface area (Å²) in [5, 5.41) is 0. The van der Waals surface area contributed by atoms with Crippen LogP contribution in [-0.2, 0) is 0 Å². The molecular formula is C22H20N6. The molecule has 0 spiro atoms. The minimum absolute atomic E-state index is 0.461. The van der Waals surface area contributed by atoms with Crippen molar-refractivity contribution in [1.82, 2.24) is 19.1 Å². The van der Waals surface area contributed by atoms with Crippen LogP contribution in [0.15, 0.2) is 60.7 Å². The first kappa shape index (κ1) is 16.4. The van der Waals surface area contributed by atoms with Crippen molar-refractivity contribution in [2.75, 3.05) is 11.5 Å². The average Bonchev–Trinajstić information content (AvgIpc) is 3.18. The normalized spacial score (nSPS) is 11.5. The van der Waals surface area contributed by atoms with Crippen molar-refractivity contribution < 1.29 is 0 Å². The number of rotatable bonds is 2. The molecule has 0 atom stereocenters. The number of para-hydroxylation sites is 4. The molecular weight excluding hydrogens is 348 g/mol. The van der Waals surface area contributed by atoms with E-state index in [0.29, 0.717) is 11.9 Å². The van der Waals surface area contributed by atoms with Gasteiger partial charge in [-0.1, -0.05) is 30.3 Å². The van der Waals surface area contributed by atoms with Crippen LogP contribution < -0.4 is 11.5 Å². The Morgan fingerprint density at radius 2 is 1.21 bits per heavy atom. The van der Waals surface area contributed by atoms with Gasteiger partial charge in [0.1, 0.15) is 0 Å². The number of nitrogens with zero attached hydrogens (tertiary/aromatic N) is 4. The van der Waals surface area contributed by atoms with E-state index in [0.717, 1.165) is 44.6 Å². The molecule has 0 unspecified atom stereocenters. The van der Waals surface area contributed by atoms with E-state index in [4.69, 9.17) is 11.5 Å². The molecule has 0 aliphatic rings. The Kier molecular flexibility index (Phi) is 3.42. The Morgan fingerprint density at radius 3 is 1.86 bits per heavy atom. The van der Waals surface area contributed by atoms with Crippen LogP contribution in [0.5, 0.6) is 0 Å². The second-order valence-corrected chi connectivity index (χ2v) is 6.96. The van der Waals surface area contributed by atoms with Gasteiger partial charge in [0.05, 0.1) is 33.4 Å². The summed E-state index contributed by atoms with van der Waals surface area (Å²) in [6.45, 7) is 4.16. The number of fused-ring (bicyclic) bond motifs is 2. The maximum Gasteiger partial charge on any atom is 0.205 e. The fourth-order valence-electron chi connectivity index (χ4n) is 3.99. The van der Waals surface area contributed by atoms with E-state index in [-0.39, 0.29) is 0 Å². The third kappa shape index (κ3) is 2.21. The SMILES string of the molecule is Cc1ccc(-n2c(N)nc3ccccc32)c(C)c1-n1c(N)nc2ccccc21. The number of imidazole rings is 2. The Hall–Kier alpha value is -3.80. The van der Waals surface area contributed by atoms with Crippen molar-refractivity contribution in [3.8, 4) is 11.4 Å². The zero-order chi connectivity index (χ0) is 19.4. The van der Waals surface area contributed by atoms with Crippen LogP contribution >= 0.6 is 0 Å². The topological polar surface area (TPSA) is 87.7 Å². The first-order chi connectivity index (χ1) is 13.6. The van der Waals surface area contributed by atoms with Gasteiger partial charge in [-0.2, -0.15) is 0 Å². The van der Waals surface area contributed by atoms with E-state index in [2.05, 4.69) is 35.9 Å². The second kappa shape index (κ2) is 5.85. The predicted molar refractivity (Wildman–Crippen MR) is 114 cm³/mol. The molecule has 0 saturated heterocycles. The fraction of sp³-hybridized carbons (Fsp3) is 0.0909. The molecule has 2 aromatic heterocycles. The van der Waals surface area contributed by atoms with Crippen molar-refractivity contribution in [2.45, 2.75) is 13.8 Å². The van der Waals surface area contributed by atoms with Gasteiger partial charge in [-0.25, -0.2) is 9.97 Å². The number of nitrogens with two attached hydrogens (primary N) is 2. The number of benzene rings is 3. The van der Waals surface area contributed by atoms with E-state index >= 15 is 0 Å². The summed E-state index contributed by atoms with van der Waals surface area (Å²) in [7, 11) is 0. The number of aromatic nitrogens is 4. The highest BCUT2D eigenvalue weighted by Crippen LogP contribution is 2.33. The molecule has 0 fully saturated rings. The van der Waals surface area contributed by atoms with Crippen LogP contribution in [0.1, 0.15) is 11.1 Å². The number of hydrogen-bond acceptors (Lipinski definition) is 4. The minimum Gasteiger partial charge on any atom is -0.369 e. The summed E-state index contributed by atoms with van der Waals surface area (Å²) in [6.07, 6.45) is 0. The third-order valence-electron chi connectivity index (χ3n) is 5.24. The average molecular weight is 368 g/mol. The van der Waals surface area contributed by atoms with Crippen LogP contribution in [0.3, 0.4) is 0 Å². The number of nitrogen functional groups attached to an aromatic ring is 2. The molecule has 0 saturated carbocycles.